The SMILES string of the molecule is CC#CI.CCCc1cc2ccc1OC(=O)O2. The highest BCUT2D eigenvalue weighted by atomic mass is 127. The lowest BCUT2D eigenvalue weighted by atomic mass is 10.1. The van der Waals surface area contributed by atoms with Gasteiger partial charge in [0.1, 0.15) is 11.5 Å². The molecule has 0 aromatic heterocycles. The van der Waals surface area contributed by atoms with E-state index in [1.807, 2.05) is 35.6 Å². The zero-order valence-corrected chi connectivity index (χ0v) is 11.9. The highest BCUT2D eigenvalue weighted by Crippen LogP contribution is 2.29. The fourth-order valence-electron chi connectivity index (χ4n) is 1.39. The number of ether oxygens (including phenoxy) is 2. The molecule has 0 unspecified atom stereocenters. The van der Waals surface area contributed by atoms with Crippen molar-refractivity contribution in [1.82, 2.24) is 0 Å². The molecule has 0 atom stereocenters. The van der Waals surface area contributed by atoms with E-state index in [9.17, 15) is 4.79 Å². The monoisotopic (exact) mass is 344 g/mol. The summed E-state index contributed by atoms with van der Waals surface area (Å²) in [5.74, 6) is 3.85. The molecule has 0 N–H and O–H groups in total. The molecule has 1 aromatic rings. The van der Waals surface area contributed by atoms with Gasteiger partial charge in [0.25, 0.3) is 0 Å². The number of carbonyl (C=O) groups excluding carboxylic acids is 1. The third-order valence-electron chi connectivity index (χ3n) is 2.04. The molecule has 17 heavy (non-hydrogen) atoms. The lowest BCUT2D eigenvalue weighted by Crippen LogP contribution is -2.10. The van der Waals surface area contributed by atoms with Crippen molar-refractivity contribution >= 4 is 28.7 Å². The van der Waals surface area contributed by atoms with E-state index in [0.717, 1.165) is 18.4 Å². The van der Waals surface area contributed by atoms with Gasteiger partial charge in [-0.3, -0.25) is 0 Å². The maximum Gasteiger partial charge on any atom is 0.519 e. The molecule has 0 radical (unpaired) electrons. The first-order chi connectivity index (χ1) is 8.21. The van der Waals surface area contributed by atoms with E-state index in [4.69, 9.17) is 9.47 Å². The minimum absolute atomic E-state index is 0.565. The Labute approximate surface area is 115 Å². The summed E-state index contributed by atoms with van der Waals surface area (Å²) in [7, 11) is 0. The predicted molar refractivity (Wildman–Crippen MR) is 74.6 cm³/mol. The first-order valence-electron chi connectivity index (χ1n) is 5.26. The summed E-state index contributed by atoms with van der Waals surface area (Å²) in [6.07, 6.45) is 1.28. The molecule has 0 spiro atoms. The van der Waals surface area contributed by atoms with Crippen molar-refractivity contribution < 1.29 is 14.3 Å². The van der Waals surface area contributed by atoms with Crippen LogP contribution in [0, 0.1) is 9.85 Å². The van der Waals surface area contributed by atoms with E-state index in [0.29, 0.717) is 11.5 Å². The maximum absolute atomic E-state index is 10.9. The van der Waals surface area contributed by atoms with Crippen molar-refractivity contribution in [2.24, 2.45) is 0 Å². The van der Waals surface area contributed by atoms with Crippen LogP contribution in [0.1, 0.15) is 25.8 Å². The Bertz CT molecular complexity index is 451. The van der Waals surface area contributed by atoms with Crippen LogP contribution in [0.5, 0.6) is 11.5 Å². The molecular formula is C13H13IO3. The van der Waals surface area contributed by atoms with Crippen LogP contribution in [0.4, 0.5) is 4.79 Å². The average Bonchev–Trinajstić information content (AvgIpc) is 2.59. The van der Waals surface area contributed by atoms with Crippen LogP contribution in [0.3, 0.4) is 0 Å². The zero-order valence-electron chi connectivity index (χ0n) is 9.75. The zero-order chi connectivity index (χ0) is 12.7. The molecule has 90 valence electrons. The summed E-state index contributed by atoms with van der Waals surface area (Å²) in [5, 5.41) is 0. The van der Waals surface area contributed by atoms with Crippen LogP contribution in [0.15, 0.2) is 18.2 Å². The van der Waals surface area contributed by atoms with E-state index >= 15 is 0 Å². The highest BCUT2D eigenvalue weighted by molar-refractivity contribution is 14.1. The molecule has 0 saturated heterocycles. The Balaban J connectivity index is 0.000000317. The first kappa shape index (κ1) is 13.8. The van der Waals surface area contributed by atoms with Crippen LogP contribution >= 0.6 is 22.6 Å². The quantitative estimate of drug-likeness (QED) is 0.353. The van der Waals surface area contributed by atoms with Gasteiger partial charge in [0.05, 0.1) is 0 Å². The molecule has 2 heterocycles. The Morgan fingerprint density at radius 3 is 2.65 bits per heavy atom. The fraction of sp³-hybridized carbons (Fsp3) is 0.308. The van der Waals surface area contributed by atoms with Gasteiger partial charge in [-0.05, 0) is 41.0 Å². The first-order valence-corrected chi connectivity index (χ1v) is 6.34. The molecule has 1 aromatic carbocycles. The van der Waals surface area contributed by atoms with Crippen molar-refractivity contribution in [2.45, 2.75) is 26.7 Å². The van der Waals surface area contributed by atoms with Gasteiger partial charge in [0.2, 0.25) is 0 Å². The Morgan fingerprint density at radius 2 is 2.06 bits per heavy atom. The summed E-state index contributed by atoms with van der Waals surface area (Å²) in [6.45, 7) is 3.89. The van der Waals surface area contributed by atoms with E-state index in [-0.39, 0.29) is 0 Å². The molecule has 0 saturated carbocycles. The summed E-state index contributed by atoms with van der Waals surface area (Å²) < 4.78 is 12.4. The van der Waals surface area contributed by atoms with Crippen LogP contribution < -0.4 is 9.47 Å². The normalized spacial score (nSPS) is 11.1. The number of hydrogen-bond donors (Lipinski definition) is 0. The summed E-state index contributed by atoms with van der Waals surface area (Å²) in [5.41, 5.74) is 1.03. The van der Waals surface area contributed by atoms with Gasteiger partial charge in [0, 0.05) is 22.6 Å². The standard InChI is InChI=1S/C10H10O3.C3H3I/c1-2-3-7-6-8-4-5-9(7)13-10(11)12-8;1-2-3-4/h4-6H,2-3H2,1H3;1H3. The number of benzene rings is 1. The van der Waals surface area contributed by atoms with E-state index in [2.05, 4.69) is 16.8 Å². The minimum Gasteiger partial charge on any atom is -0.395 e. The van der Waals surface area contributed by atoms with Gasteiger partial charge < -0.3 is 9.47 Å². The third kappa shape index (κ3) is 4.27. The molecule has 0 amide bonds. The molecule has 2 bridgehead atoms. The van der Waals surface area contributed by atoms with Gasteiger partial charge in [0.15, 0.2) is 0 Å². The van der Waals surface area contributed by atoms with Gasteiger partial charge in [-0.2, -0.15) is 0 Å². The van der Waals surface area contributed by atoms with Gasteiger partial charge in [-0.1, -0.05) is 19.3 Å². The number of rotatable bonds is 2. The Morgan fingerprint density at radius 1 is 1.35 bits per heavy atom. The largest absolute Gasteiger partial charge is 0.519 e. The average molecular weight is 344 g/mol. The second-order valence-electron chi connectivity index (χ2n) is 3.32. The van der Waals surface area contributed by atoms with Crippen molar-refractivity contribution in [1.29, 1.82) is 0 Å². The molecule has 2 aliphatic rings. The van der Waals surface area contributed by atoms with Crippen LogP contribution in [0.2, 0.25) is 0 Å². The van der Waals surface area contributed by atoms with Gasteiger partial charge in [-0.15, -0.1) is 0 Å². The van der Waals surface area contributed by atoms with E-state index in [1.165, 1.54) is 0 Å². The second kappa shape index (κ2) is 7.17. The van der Waals surface area contributed by atoms with Crippen molar-refractivity contribution in [2.75, 3.05) is 0 Å². The number of carbonyl (C=O) groups is 1. The maximum atomic E-state index is 10.9. The van der Waals surface area contributed by atoms with Crippen LogP contribution in [-0.2, 0) is 6.42 Å². The molecule has 4 heteroatoms. The molecule has 3 rings (SSSR count). The number of aryl methyl sites for hydroxylation is 1. The minimum atomic E-state index is -0.641. The van der Waals surface area contributed by atoms with Gasteiger partial charge >= 0.3 is 6.16 Å². The van der Waals surface area contributed by atoms with Crippen molar-refractivity contribution in [3.63, 3.8) is 0 Å². The second-order valence-corrected chi connectivity index (χ2v) is 3.86. The van der Waals surface area contributed by atoms with Gasteiger partial charge in [-0.25, -0.2) is 4.79 Å². The van der Waals surface area contributed by atoms with E-state index in [1.54, 1.807) is 12.1 Å². The Kier molecular flexibility index (Phi) is 5.84. The molecule has 2 aliphatic heterocycles. The van der Waals surface area contributed by atoms with Crippen LogP contribution in [0.25, 0.3) is 0 Å². The van der Waals surface area contributed by atoms with Crippen LogP contribution in [-0.4, -0.2) is 6.16 Å². The fourth-order valence-corrected chi connectivity index (χ4v) is 1.39. The predicted octanol–water partition coefficient (Wildman–Crippen LogP) is 3.93. The summed E-state index contributed by atoms with van der Waals surface area (Å²) >= 11 is 1.99. The van der Waals surface area contributed by atoms with Crippen molar-refractivity contribution in [3.8, 4) is 21.3 Å². The molecule has 0 fully saturated rings. The lowest BCUT2D eigenvalue weighted by molar-refractivity contribution is 0.154. The van der Waals surface area contributed by atoms with E-state index < -0.39 is 6.16 Å². The molecule has 3 nitrogen and oxygen atoms in total. The topological polar surface area (TPSA) is 35.5 Å². The highest BCUT2D eigenvalue weighted by Gasteiger charge is 2.17. The number of fused-ring (bicyclic) bond motifs is 4. The number of hydrogen-bond acceptors (Lipinski definition) is 3. The molecule has 0 aliphatic carbocycles. The lowest BCUT2D eigenvalue weighted by Gasteiger charge is -2.01. The summed E-state index contributed by atoms with van der Waals surface area (Å²) in [4.78, 5) is 10.9. The third-order valence-corrected chi connectivity index (χ3v) is 2.58. The molecular weight excluding hydrogens is 331 g/mol. The van der Waals surface area contributed by atoms with Crippen molar-refractivity contribution in [3.05, 3.63) is 23.8 Å². The summed E-state index contributed by atoms with van der Waals surface area (Å²) in [6, 6.07) is 5.36. The Hall–Kier alpha value is -1.22. The smallest absolute Gasteiger partial charge is 0.395 e. The number of halogens is 1.